The first-order chi connectivity index (χ1) is 12.1. The maximum absolute atomic E-state index is 11.0. The van der Waals surface area contributed by atoms with Gasteiger partial charge in [-0.2, -0.15) is 0 Å². The molecule has 0 radical (unpaired) electrons. The minimum atomic E-state index is -0.966. The van der Waals surface area contributed by atoms with Gasteiger partial charge in [0.2, 0.25) is 0 Å². The lowest BCUT2D eigenvalue weighted by Gasteiger charge is -2.08. The van der Waals surface area contributed by atoms with Crippen molar-refractivity contribution in [3.8, 4) is 11.5 Å². The van der Waals surface area contributed by atoms with Gasteiger partial charge in [0.05, 0.1) is 5.56 Å². The van der Waals surface area contributed by atoms with Crippen molar-refractivity contribution in [3.05, 3.63) is 59.7 Å². The number of carbonyl (C=O) groups is 1. The molecule has 25 heavy (non-hydrogen) atoms. The Hall–Kier alpha value is -2.49. The minimum absolute atomic E-state index is 0.100. The van der Waals surface area contributed by atoms with Gasteiger partial charge in [-0.15, -0.1) is 0 Å². The number of carboxylic acids is 1. The predicted molar refractivity (Wildman–Crippen MR) is 100 cm³/mol. The molecule has 3 N–H and O–H groups in total. The van der Waals surface area contributed by atoms with Crippen LogP contribution in [0.1, 0.15) is 61.4 Å². The molecule has 0 aromatic heterocycles. The third-order valence-corrected chi connectivity index (χ3v) is 3.92. The number of carboxylic acid groups (broad SMARTS) is 1. The van der Waals surface area contributed by atoms with Crippen LogP contribution >= 0.6 is 0 Å². The van der Waals surface area contributed by atoms with Gasteiger partial charge in [0.25, 0.3) is 0 Å². The quantitative estimate of drug-likeness (QED) is 0.561. The normalized spacial score (nSPS) is 9.96. The zero-order valence-electron chi connectivity index (χ0n) is 14.8. The van der Waals surface area contributed by atoms with Crippen LogP contribution in [0.15, 0.2) is 48.5 Å². The lowest BCUT2D eigenvalue weighted by Crippen LogP contribution is -2.02. The Labute approximate surface area is 149 Å². The van der Waals surface area contributed by atoms with Crippen LogP contribution in [0.2, 0.25) is 0 Å². The van der Waals surface area contributed by atoms with Crippen molar-refractivity contribution in [2.24, 2.45) is 0 Å². The minimum Gasteiger partial charge on any atom is -0.508 e. The van der Waals surface area contributed by atoms with Gasteiger partial charge < -0.3 is 15.3 Å². The molecule has 0 unspecified atom stereocenters. The highest BCUT2D eigenvalue weighted by Crippen LogP contribution is 2.23. The zero-order chi connectivity index (χ0) is 18.5. The molecule has 2 rings (SSSR count). The van der Waals surface area contributed by atoms with Crippen LogP contribution in [0.3, 0.4) is 0 Å². The SMILES string of the molecule is CCCCCCCCc1c(O)cccc1C(=O)O.Oc1ccccc1. The number of unbranched alkanes of at least 4 members (excludes halogenated alkanes) is 5. The molecule has 0 aliphatic rings. The molecule has 0 heterocycles. The molecule has 2 aromatic carbocycles. The summed E-state index contributed by atoms with van der Waals surface area (Å²) in [4.78, 5) is 11.0. The van der Waals surface area contributed by atoms with Crippen molar-refractivity contribution in [2.75, 3.05) is 0 Å². The average Bonchev–Trinajstić information content (AvgIpc) is 2.60. The van der Waals surface area contributed by atoms with Crippen molar-refractivity contribution in [1.82, 2.24) is 0 Å². The third kappa shape index (κ3) is 8.25. The van der Waals surface area contributed by atoms with Crippen LogP contribution in [0.4, 0.5) is 0 Å². The Bertz CT molecular complexity index is 623. The van der Waals surface area contributed by atoms with Crippen LogP contribution in [-0.2, 0) is 6.42 Å². The number of phenolic OH excluding ortho intramolecular Hbond substituents is 2. The first-order valence-corrected chi connectivity index (χ1v) is 8.84. The van der Waals surface area contributed by atoms with E-state index >= 15 is 0 Å². The number of para-hydroxylation sites is 1. The summed E-state index contributed by atoms with van der Waals surface area (Å²) in [5.74, 6) is -0.544. The van der Waals surface area contributed by atoms with E-state index in [4.69, 9.17) is 10.2 Å². The summed E-state index contributed by atoms with van der Waals surface area (Å²) in [6, 6.07) is 13.4. The summed E-state index contributed by atoms with van der Waals surface area (Å²) in [5, 5.41) is 27.4. The average molecular weight is 344 g/mol. The van der Waals surface area contributed by atoms with E-state index in [1.807, 2.05) is 6.07 Å². The van der Waals surface area contributed by atoms with Crippen molar-refractivity contribution in [3.63, 3.8) is 0 Å². The number of aromatic carboxylic acids is 1. The largest absolute Gasteiger partial charge is 0.508 e. The molecule has 0 spiro atoms. The highest BCUT2D eigenvalue weighted by molar-refractivity contribution is 5.90. The van der Waals surface area contributed by atoms with Gasteiger partial charge in [-0.05, 0) is 37.1 Å². The van der Waals surface area contributed by atoms with Crippen LogP contribution in [0.25, 0.3) is 0 Å². The lowest BCUT2D eigenvalue weighted by atomic mass is 9.99. The molecule has 2 aromatic rings. The predicted octanol–water partition coefficient (Wildman–Crippen LogP) is 5.39. The van der Waals surface area contributed by atoms with Gasteiger partial charge in [-0.1, -0.05) is 63.3 Å². The molecule has 0 atom stereocenters. The maximum atomic E-state index is 11.0. The number of phenols is 2. The Morgan fingerprint density at radius 1 is 0.840 bits per heavy atom. The molecule has 0 amide bonds. The van der Waals surface area contributed by atoms with Gasteiger partial charge in [0.1, 0.15) is 11.5 Å². The molecular formula is C21H28O4. The summed E-state index contributed by atoms with van der Waals surface area (Å²) in [6.45, 7) is 2.18. The topological polar surface area (TPSA) is 77.8 Å². The molecule has 0 saturated carbocycles. The number of hydrogen-bond donors (Lipinski definition) is 3. The second-order valence-electron chi connectivity index (χ2n) is 5.96. The van der Waals surface area contributed by atoms with E-state index in [1.54, 1.807) is 42.5 Å². The van der Waals surface area contributed by atoms with Crippen LogP contribution in [0.5, 0.6) is 11.5 Å². The van der Waals surface area contributed by atoms with Crippen molar-refractivity contribution < 1.29 is 20.1 Å². The highest BCUT2D eigenvalue weighted by Gasteiger charge is 2.12. The first kappa shape index (κ1) is 20.6. The molecule has 0 bridgehead atoms. The number of aromatic hydroxyl groups is 2. The monoisotopic (exact) mass is 344 g/mol. The summed E-state index contributed by atoms with van der Waals surface area (Å²) in [6.07, 6.45) is 7.57. The molecule has 4 heteroatoms. The fourth-order valence-electron chi connectivity index (χ4n) is 2.55. The van der Waals surface area contributed by atoms with E-state index in [0.29, 0.717) is 17.7 Å². The van der Waals surface area contributed by atoms with Crippen LogP contribution in [-0.4, -0.2) is 21.3 Å². The summed E-state index contributed by atoms with van der Waals surface area (Å²) >= 11 is 0. The van der Waals surface area contributed by atoms with Crippen molar-refractivity contribution in [2.45, 2.75) is 51.9 Å². The number of rotatable bonds is 8. The van der Waals surface area contributed by atoms with Crippen LogP contribution < -0.4 is 0 Å². The van der Waals surface area contributed by atoms with Gasteiger partial charge >= 0.3 is 5.97 Å². The lowest BCUT2D eigenvalue weighted by molar-refractivity contribution is 0.0695. The molecule has 0 fully saturated rings. The zero-order valence-corrected chi connectivity index (χ0v) is 14.8. The number of hydrogen-bond acceptors (Lipinski definition) is 3. The Morgan fingerprint density at radius 2 is 1.48 bits per heavy atom. The molecule has 136 valence electrons. The highest BCUT2D eigenvalue weighted by atomic mass is 16.4. The summed E-state index contributed by atoms with van der Waals surface area (Å²) in [5.41, 5.74) is 0.795. The van der Waals surface area contributed by atoms with Crippen LogP contribution in [0, 0.1) is 0 Å². The fraction of sp³-hybridized carbons (Fsp3) is 0.381. The molecule has 4 nitrogen and oxygen atoms in total. The van der Waals surface area contributed by atoms with Crippen molar-refractivity contribution >= 4 is 5.97 Å². The van der Waals surface area contributed by atoms with E-state index in [-0.39, 0.29) is 11.3 Å². The third-order valence-electron chi connectivity index (χ3n) is 3.92. The fourth-order valence-corrected chi connectivity index (χ4v) is 2.55. The van der Waals surface area contributed by atoms with Crippen molar-refractivity contribution in [1.29, 1.82) is 0 Å². The van der Waals surface area contributed by atoms with Gasteiger partial charge in [-0.3, -0.25) is 0 Å². The maximum Gasteiger partial charge on any atom is 0.336 e. The standard InChI is InChI=1S/C15H22O3.C6H6O/c1-2-3-4-5-6-7-9-12-13(15(17)18)10-8-11-14(12)16;7-6-4-2-1-3-5-6/h8,10-11,16H,2-7,9H2,1H3,(H,17,18);1-5,7H. The molecule has 0 saturated heterocycles. The molecule has 0 aliphatic carbocycles. The van der Waals surface area contributed by atoms with Gasteiger partial charge in [0, 0.05) is 5.56 Å². The van der Waals surface area contributed by atoms with E-state index in [9.17, 15) is 9.90 Å². The van der Waals surface area contributed by atoms with E-state index in [2.05, 4.69) is 6.92 Å². The Morgan fingerprint density at radius 3 is 2.04 bits per heavy atom. The van der Waals surface area contributed by atoms with E-state index in [0.717, 1.165) is 12.8 Å². The summed E-state index contributed by atoms with van der Waals surface area (Å²) in [7, 11) is 0. The first-order valence-electron chi connectivity index (χ1n) is 8.84. The summed E-state index contributed by atoms with van der Waals surface area (Å²) < 4.78 is 0. The molecule has 0 aliphatic heterocycles. The van der Waals surface area contributed by atoms with E-state index < -0.39 is 5.97 Å². The second-order valence-corrected chi connectivity index (χ2v) is 5.96. The Balaban J connectivity index is 0.000000370. The van der Waals surface area contributed by atoms with Gasteiger partial charge in [0.15, 0.2) is 0 Å². The van der Waals surface area contributed by atoms with E-state index in [1.165, 1.54) is 25.7 Å². The molecular weight excluding hydrogens is 316 g/mol. The van der Waals surface area contributed by atoms with Gasteiger partial charge in [-0.25, -0.2) is 4.79 Å². The number of benzene rings is 2. The smallest absolute Gasteiger partial charge is 0.336 e. The Kier molecular flexibility index (Phi) is 9.83. The second kappa shape index (κ2) is 12.0.